The highest BCUT2D eigenvalue weighted by atomic mass is 127. The molecule has 0 spiro atoms. The summed E-state index contributed by atoms with van der Waals surface area (Å²) in [4.78, 5) is 22.5. The van der Waals surface area contributed by atoms with E-state index in [1.54, 1.807) is 6.20 Å². The van der Waals surface area contributed by atoms with E-state index < -0.39 is 0 Å². The Bertz CT molecular complexity index is 1050. The molecule has 32 heavy (non-hydrogen) atoms. The van der Waals surface area contributed by atoms with Gasteiger partial charge in [-0.1, -0.05) is 24.3 Å². The fourth-order valence-corrected chi connectivity index (χ4v) is 4.06. The van der Waals surface area contributed by atoms with Gasteiger partial charge < -0.3 is 21.7 Å². The summed E-state index contributed by atoms with van der Waals surface area (Å²) in [5, 5.41) is 9.71. The highest BCUT2D eigenvalue weighted by Crippen LogP contribution is 2.24. The number of rotatable bonds is 7. The fraction of sp³-hybridized carbons (Fsp3) is 0.292. The number of benzene rings is 2. The second-order valence-corrected chi connectivity index (χ2v) is 9.13. The van der Waals surface area contributed by atoms with Crippen LogP contribution < -0.4 is 21.7 Å². The molecule has 2 heterocycles. The molecular formula is C24H27IN6O. The lowest BCUT2D eigenvalue weighted by Gasteiger charge is -2.23. The molecule has 1 amide bonds. The van der Waals surface area contributed by atoms with E-state index in [1.807, 2.05) is 48.5 Å². The van der Waals surface area contributed by atoms with Crippen LogP contribution in [0.4, 0.5) is 11.5 Å². The number of hydrogen-bond acceptors (Lipinski definition) is 6. The summed E-state index contributed by atoms with van der Waals surface area (Å²) in [7, 11) is 0. The van der Waals surface area contributed by atoms with Gasteiger partial charge in [-0.25, -0.2) is 9.97 Å². The van der Waals surface area contributed by atoms with Gasteiger partial charge in [-0.3, -0.25) is 4.79 Å². The largest absolute Gasteiger partial charge is 0.368 e. The Kier molecular flexibility index (Phi) is 7.67. The number of anilines is 2. The number of nitrogens with one attached hydrogen (secondary N) is 3. The SMILES string of the molecule is NCc1ccc(-c2ncc(NCC3CCNCC3)nc2C(=O)Nc2ccc(I)cc2)cc1. The number of nitrogens with two attached hydrogens (primary N) is 1. The van der Waals surface area contributed by atoms with Crippen molar-refractivity contribution in [3.05, 3.63) is 69.6 Å². The number of carbonyl (C=O) groups is 1. The molecule has 0 saturated carbocycles. The van der Waals surface area contributed by atoms with Crippen molar-refractivity contribution < 1.29 is 4.79 Å². The van der Waals surface area contributed by atoms with Crippen molar-refractivity contribution in [2.24, 2.45) is 11.7 Å². The first-order valence-electron chi connectivity index (χ1n) is 10.8. The smallest absolute Gasteiger partial charge is 0.276 e. The van der Waals surface area contributed by atoms with E-state index in [1.165, 1.54) is 0 Å². The molecule has 2 aromatic carbocycles. The molecule has 1 aliphatic rings. The van der Waals surface area contributed by atoms with Crippen molar-refractivity contribution >= 4 is 40.0 Å². The second kappa shape index (κ2) is 10.8. The maximum atomic E-state index is 13.2. The van der Waals surface area contributed by atoms with E-state index in [-0.39, 0.29) is 5.91 Å². The van der Waals surface area contributed by atoms with Gasteiger partial charge in [-0.05, 0) is 84.3 Å². The second-order valence-electron chi connectivity index (χ2n) is 7.89. The van der Waals surface area contributed by atoms with E-state index in [0.717, 1.165) is 52.9 Å². The number of nitrogens with zero attached hydrogens (tertiary/aromatic N) is 2. The van der Waals surface area contributed by atoms with E-state index in [9.17, 15) is 4.79 Å². The molecule has 7 nitrogen and oxygen atoms in total. The lowest BCUT2D eigenvalue weighted by atomic mass is 9.98. The first kappa shape index (κ1) is 22.6. The highest BCUT2D eigenvalue weighted by Gasteiger charge is 2.19. The summed E-state index contributed by atoms with van der Waals surface area (Å²) in [6.45, 7) is 3.36. The zero-order valence-corrected chi connectivity index (χ0v) is 19.9. The van der Waals surface area contributed by atoms with Gasteiger partial charge in [-0.2, -0.15) is 0 Å². The third-order valence-electron chi connectivity index (χ3n) is 5.58. The molecule has 4 rings (SSSR count). The average Bonchev–Trinajstić information content (AvgIpc) is 2.85. The van der Waals surface area contributed by atoms with Crippen LogP contribution in [0, 0.1) is 9.49 Å². The van der Waals surface area contributed by atoms with Crippen LogP contribution in [0.25, 0.3) is 11.3 Å². The number of carbonyl (C=O) groups excluding carboxylic acids is 1. The quantitative estimate of drug-likeness (QED) is 0.338. The van der Waals surface area contributed by atoms with Crippen LogP contribution in [-0.2, 0) is 6.54 Å². The summed E-state index contributed by atoms with van der Waals surface area (Å²) >= 11 is 2.24. The maximum Gasteiger partial charge on any atom is 0.276 e. The number of halogens is 1. The monoisotopic (exact) mass is 542 g/mol. The minimum Gasteiger partial charge on any atom is -0.368 e. The lowest BCUT2D eigenvalue weighted by molar-refractivity contribution is 0.102. The topological polar surface area (TPSA) is 105 Å². The molecule has 1 aromatic heterocycles. The first-order chi connectivity index (χ1) is 15.6. The standard InChI is InChI=1S/C24H27IN6O/c25-19-5-7-20(8-6-19)30-24(32)23-22(18-3-1-16(13-26)2-4-18)29-15-21(31-23)28-14-17-9-11-27-12-10-17/h1-8,15,17,27H,9-14,26H2,(H,28,31)(H,30,32). The Morgan fingerprint density at radius 1 is 1.09 bits per heavy atom. The van der Waals surface area contributed by atoms with Crippen LogP contribution in [0.2, 0.25) is 0 Å². The Morgan fingerprint density at radius 2 is 1.81 bits per heavy atom. The molecule has 1 aliphatic heterocycles. The molecule has 0 atom stereocenters. The molecule has 0 radical (unpaired) electrons. The van der Waals surface area contributed by atoms with Gasteiger partial charge >= 0.3 is 0 Å². The van der Waals surface area contributed by atoms with Crippen LogP contribution in [0.5, 0.6) is 0 Å². The van der Waals surface area contributed by atoms with Crippen molar-refractivity contribution in [3.8, 4) is 11.3 Å². The number of amides is 1. The Labute approximate surface area is 201 Å². The van der Waals surface area contributed by atoms with Gasteiger partial charge in [0.05, 0.1) is 6.20 Å². The highest BCUT2D eigenvalue weighted by molar-refractivity contribution is 14.1. The van der Waals surface area contributed by atoms with Crippen molar-refractivity contribution in [1.29, 1.82) is 0 Å². The summed E-state index contributed by atoms with van der Waals surface area (Å²) in [5.41, 5.74) is 9.12. The molecule has 5 N–H and O–H groups in total. The van der Waals surface area contributed by atoms with E-state index in [0.29, 0.717) is 29.7 Å². The zero-order chi connectivity index (χ0) is 22.3. The van der Waals surface area contributed by atoms with Crippen molar-refractivity contribution in [2.45, 2.75) is 19.4 Å². The van der Waals surface area contributed by atoms with Crippen molar-refractivity contribution in [2.75, 3.05) is 30.3 Å². The summed E-state index contributed by atoms with van der Waals surface area (Å²) in [6, 6.07) is 15.4. The van der Waals surface area contributed by atoms with Gasteiger partial charge in [0.2, 0.25) is 0 Å². The minimum atomic E-state index is -0.290. The van der Waals surface area contributed by atoms with Crippen LogP contribution in [0.1, 0.15) is 28.9 Å². The third-order valence-corrected chi connectivity index (χ3v) is 6.30. The molecule has 1 saturated heterocycles. The fourth-order valence-electron chi connectivity index (χ4n) is 3.70. The Balaban J connectivity index is 1.60. The summed E-state index contributed by atoms with van der Waals surface area (Å²) < 4.78 is 1.10. The van der Waals surface area contributed by atoms with Crippen molar-refractivity contribution in [3.63, 3.8) is 0 Å². The minimum absolute atomic E-state index is 0.290. The van der Waals surface area contributed by atoms with Gasteiger partial charge in [0, 0.05) is 27.9 Å². The molecule has 8 heteroatoms. The summed E-state index contributed by atoms with van der Waals surface area (Å²) in [5.74, 6) is 0.909. The molecule has 3 aromatic rings. The van der Waals surface area contributed by atoms with Gasteiger partial charge in [0.25, 0.3) is 5.91 Å². The van der Waals surface area contributed by atoms with E-state index in [4.69, 9.17) is 5.73 Å². The van der Waals surface area contributed by atoms with Crippen LogP contribution in [-0.4, -0.2) is 35.5 Å². The lowest BCUT2D eigenvalue weighted by Crippen LogP contribution is -2.31. The van der Waals surface area contributed by atoms with Gasteiger partial charge in [0.1, 0.15) is 11.5 Å². The van der Waals surface area contributed by atoms with Gasteiger partial charge in [0.15, 0.2) is 5.69 Å². The average molecular weight is 542 g/mol. The Morgan fingerprint density at radius 3 is 2.50 bits per heavy atom. The molecule has 0 aliphatic carbocycles. The van der Waals surface area contributed by atoms with E-state index in [2.05, 4.69) is 48.5 Å². The van der Waals surface area contributed by atoms with Crippen molar-refractivity contribution in [1.82, 2.24) is 15.3 Å². The predicted molar refractivity (Wildman–Crippen MR) is 137 cm³/mol. The van der Waals surface area contributed by atoms with Crippen LogP contribution >= 0.6 is 22.6 Å². The number of piperidine rings is 1. The maximum absolute atomic E-state index is 13.2. The molecule has 0 unspecified atom stereocenters. The zero-order valence-electron chi connectivity index (χ0n) is 17.8. The predicted octanol–water partition coefficient (Wildman–Crippen LogP) is 3.87. The third kappa shape index (κ3) is 5.81. The molecule has 166 valence electrons. The molecule has 0 bridgehead atoms. The Hall–Kier alpha value is -2.56. The molecular weight excluding hydrogens is 515 g/mol. The van der Waals surface area contributed by atoms with Crippen LogP contribution in [0.15, 0.2) is 54.7 Å². The number of aromatic nitrogens is 2. The normalized spacial score (nSPS) is 14.2. The van der Waals surface area contributed by atoms with Crippen LogP contribution in [0.3, 0.4) is 0 Å². The number of hydrogen-bond donors (Lipinski definition) is 4. The van der Waals surface area contributed by atoms with Gasteiger partial charge in [-0.15, -0.1) is 0 Å². The first-order valence-corrected chi connectivity index (χ1v) is 11.9. The van der Waals surface area contributed by atoms with E-state index >= 15 is 0 Å². The summed E-state index contributed by atoms with van der Waals surface area (Å²) in [6.07, 6.45) is 3.97. The molecule has 1 fully saturated rings.